The number of carbonyl (C=O) groups is 3. The van der Waals surface area contributed by atoms with Crippen LogP contribution in [0.5, 0.6) is 11.5 Å². The molecule has 180 valence electrons. The molecule has 3 aromatic rings. The fraction of sp³-hybridized carbons (Fsp3) is 0.120. The van der Waals surface area contributed by atoms with Gasteiger partial charge in [-0.15, -0.1) is 0 Å². The third kappa shape index (κ3) is 8.49. The van der Waals surface area contributed by atoms with Crippen molar-refractivity contribution in [2.75, 3.05) is 19.0 Å². The van der Waals surface area contributed by atoms with Crippen molar-refractivity contribution in [3.8, 4) is 11.5 Å². The van der Waals surface area contributed by atoms with Crippen molar-refractivity contribution in [3.63, 3.8) is 0 Å². The van der Waals surface area contributed by atoms with Crippen LogP contribution in [0.25, 0.3) is 0 Å². The van der Waals surface area contributed by atoms with Crippen LogP contribution >= 0.6 is 11.6 Å². The Balaban J connectivity index is 1.39. The predicted octanol–water partition coefficient (Wildman–Crippen LogP) is 3.13. The summed E-state index contributed by atoms with van der Waals surface area (Å²) >= 11 is 5.89. The molecule has 0 bridgehead atoms. The van der Waals surface area contributed by atoms with Crippen molar-refractivity contribution >= 4 is 41.2 Å². The van der Waals surface area contributed by atoms with Crippen LogP contribution in [-0.2, 0) is 20.9 Å². The number of rotatable bonds is 9. The monoisotopic (exact) mass is 494 g/mol. The molecule has 35 heavy (non-hydrogen) atoms. The number of ether oxygens (including phenoxy) is 2. The lowest BCUT2D eigenvalue weighted by molar-refractivity contribution is -0.139. The first-order chi connectivity index (χ1) is 16.9. The third-order valence-electron chi connectivity index (χ3n) is 4.56. The van der Waals surface area contributed by atoms with Gasteiger partial charge in [0.2, 0.25) is 0 Å². The molecule has 0 atom stereocenters. The number of hydrogen-bond acceptors (Lipinski definition) is 6. The molecule has 0 heterocycles. The minimum absolute atomic E-state index is 0.179. The maximum Gasteiger partial charge on any atom is 0.329 e. The van der Waals surface area contributed by atoms with Crippen molar-refractivity contribution in [1.82, 2.24) is 10.7 Å². The van der Waals surface area contributed by atoms with Crippen molar-refractivity contribution < 1.29 is 23.9 Å². The molecule has 0 spiro atoms. The first-order valence-corrected chi connectivity index (χ1v) is 10.8. The fourth-order valence-corrected chi connectivity index (χ4v) is 2.97. The first-order valence-electron chi connectivity index (χ1n) is 10.5. The first kappa shape index (κ1) is 25.3. The van der Waals surface area contributed by atoms with E-state index in [1.807, 2.05) is 0 Å². The van der Waals surface area contributed by atoms with E-state index in [-0.39, 0.29) is 19.1 Å². The molecule has 3 N–H and O–H groups in total. The number of nitrogens with zero attached hydrogens (tertiary/aromatic N) is 1. The van der Waals surface area contributed by atoms with Crippen LogP contribution < -0.4 is 25.5 Å². The van der Waals surface area contributed by atoms with Crippen LogP contribution in [0.4, 0.5) is 5.69 Å². The highest BCUT2D eigenvalue weighted by molar-refractivity contribution is 6.35. The number of methoxy groups -OCH3 is 1. The molecule has 3 rings (SSSR count). The molecule has 0 saturated carbocycles. The van der Waals surface area contributed by atoms with Crippen LogP contribution in [0, 0.1) is 0 Å². The second-order valence-corrected chi connectivity index (χ2v) is 7.58. The topological polar surface area (TPSA) is 118 Å². The van der Waals surface area contributed by atoms with Gasteiger partial charge in [-0.2, -0.15) is 5.10 Å². The lowest BCUT2D eigenvalue weighted by Crippen LogP contribution is -2.37. The average Bonchev–Trinajstić information content (AvgIpc) is 2.87. The van der Waals surface area contributed by atoms with E-state index in [4.69, 9.17) is 21.1 Å². The SMILES string of the molecule is COc1ccc(CNC(=O)C(=O)N/N=C\c2ccc(OCC(=O)Nc3cccc(Cl)c3)cc2)cc1. The molecule has 3 aromatic carbocycles. The Kier molecular flexibility index (Phi) is 9.21. The number of anilines is 1. The zero-order valence-electron chi connectivity index (χ0n) is 18.8. The van der Waals surface area contributed by atoms with Crippen molar-refractivity contribution in [2.45, 2.75) is 6.54 Å². The number of hydrazone groups is 1. The summed E-state index contributed by atoms with van der Waals surface area (Å²) in [5.74, 6) is -0.847. The number of amides is 3. The van der Waals surface area contributed by atoms with Gasteiger partial charge in [0, 0.05) is 17.3 Å². The van der Waals surface area contributed by atoms with Crippen LogP contribution in [0.15, 0.2) is 77.9 Å². The zero-order valence-corrected chi connectivity index (χ0v) is 19.5. The van der Waals surface area contributed by atoms with Crippen molar-refractivity contribution in [1.29, 1.82) is 0 Å². The summed E-state index contributed by atoms with van der Waals surface area (Å²) < 4.78 is 10.5. The van der Waals surface area contributed by atoms with Gasteiger partial charge in [-0.05, 0) is 65.7 Å². The van der Waals surface area contributed by atoms with Crippen LogP contribution in [0.1, 0.15) is 11.1 Å². The number of benzene rings is 3. The summed E-state index contributed by atoms with van der Waals surface area (Å²) in [6.07, 6.45) is 1.38. The van der Waals surface area contributed by atoms with Crippen LogP contribution in [-0.4, -0.2) is 37.7 Å². The average molecular weight is 495 g/mol. The molecule has 0 aliphatic carbocycles. The largest absolute Gasteiger partial charge is 0.497 e. The van der Waals surface area contributed by atoms with Gasteiger partial charge in [0.15, 0.2) is 6.61 Å². The molecule has 0 radical (unpaired) electrons. The van der Waals surface area contributed by atoms with E-state index < -0.39 is 11.8 Å². The lowest BCUT2D eigenvalue weighted by atomic mass is 10.2. The quantitative estimate of drug-likeness (QED) is 0.240. The van der Waals surface area contributed by atoms with Gasteiger partial charge in [0.25, 0.3) is 5.91 Å². The highest BCUT2D eigenvalue weighted by Gasteiger charge is 2.12. The Morgan fingerprint density at radius 2 is 1.66 bits per heavy atom. The number of carbonyl (C=O) groups excluding carboxylic acids is 3. The normalized spacial score (nSPS) is 10.5. The Labute approximate surface area is 207 Å². The molecular formula is C25H23ClN4O5. The molecule has 10 heteroatoms. The number of nitrogens with one attached hydrogen (secondary N) is 3. The summed E-state index contributed by atoms with van der Waals surface area (Å²) in [6, 6.07) is 20.6. The van der Waals surface area contributed by atoms with Gasteiger partial charge in [-0.3, -0.25) is 14.4 Å². The van der Waals surface area contributed by atoms with Gasteiger partial charge in [-0.1, -0.05) is 29.8 Å². The highest BCUT2D eigenvalue weighted by atomic mass is 35.5. The molecule has 3 amide bonds. The molecular weight excluding hydrogens is 472 g/mol. The predicted molar refractivity (Wildman–Crippen MR) is 133 cm³/mol. The highest BCUT2D eigenvalue weighted by Crippen LogP contribution is 2.15. The van der Waals surface area contributed by atoms with Crippen LogP contribution in [0.2, 0.25) is 5.02 Å². The van der Waals surface area contributed by atoms with E-state index in [1.165, 1.54) is 6.21 Å². The maximum absolute atomic E-state index is 12.0. The third-order valence-corrected chi connectivity index (χ3v) is 4.79. The second kappa shape index (κ2) is 12.8. The summed E-state index contributed by atoms with van der Waals surface area (Å²) in [5.41, 5.74) is 4.22. The van der Waals surface area contributed by atoms with E-state index in [1.54, 1.807) is 79.9 Å². The van der Waals surface area contributed by atoms with Gasteiger partial charge in [0.1, 0.15) is 11.5 Å². The standard InChI is InChI=1S/C25H23ClN4O5/c1-34-21-9-5-17(6-10-21)14-27-24(32)25(33)30-28-15-18-7-11-22(12-8-18)35-16-23(31)29-20-4-2-3-19(26)13-20/h2-13,15H,14,16H2,1H3,(H,27,32)(H,29,31)(H,30,33)/b28-15-. The van der Waals surface area contributed by atoms with E-state index in [0.29, 0.717) is 27.8 Å². The zero-order chi connectivity index (χ0) is 25.0. The van der Waals surface area contributed by atoms with Gasteiger partial charge < -0.3 is 20.1 Å². The van der Waals surface area contributed by atoms with E-state index in [0.717, 1.165) is 5.56 Å². The Bertz CT molecular complexity index is 1200. The molecule has 0 unspecified atom stereocenters. The minimum atomic E-state index is -0.888. The van der Waals surface area contributed by atoms with Gasteiger partial charge in [0.05, 0.1) is 13.3 Å². The molecule has 0 aliphatic heterocycles. The Morgan fingerprint density at radius 3 is 2.34 bits per heavy atom. The maximum atomic E-state index is 12.0. The molecule has 0 aliphatic rings. The minimum Gasteiger partial charge on any atom is -0.497 e. The van der Waals surface area contributed by atoms with Gasteiger partial charge in [-0.25, -0.2) is 5.43 Å². The lowest BCUT2D eigenvalue weighted by Gasteiger charge is -2.08. The molecule has 0 saturated heterocycles. The Hall–Kier alpha value is -4.37. The summed E-state index contributed by atoms with van der Waals surface area (Å²) in [5, 5.41) is 9.50. The van der Waals surface area contributed by atoms with Gasteiger partial charge >= 0.3 is 11.8 Å². The Morgan fingerprint density at radius 1 is 0.943 bits per heavy atom. The second-order valence-electron chi connectivity index (χ2n) is 7.15. The smallest absolute Gasteiger partial charge is 0.329 e. The van der Waals surface area contributed by atoms with Crippen LogP contribution in [0.3, 0.4) is 0 Å². The number of halogens is 1. The molecule has 0 aromatic heterocycles. The molecule has 0 fully saturated rings. The summed E-state index contributed by atoms with van der Waals surface area (Å²) in [7, 11) is 1.56. The van der Waals surface area contributed by atoms with Crippen molar-refractivity contribution in [2.24, 2.45) is 5.10 Å². The summed E-state index contributed by atoms with van der Waals surface area (Å²) in [4.78, 5) is 35.8. The van der Waals surface area contributed by atoms with E-state index in [9.17, 15) is 14.4 Å². The van der Waals surface area contributed by atoms with E-state index >= 15 is 0 Å². The molecule has 9 nitrogen and oxygen atoms in total. The van der Waals surface area contributed by atoms with Crippen molar-refractivity contribution in [3.05, 3.63) is 88.9 Å². The fourth-order valence-electron chi connectivity index (χ4n) is 2.78. The summed E-state index contributed by atoms with van der Waals surface area (Å²) in [6.45, 7) is 0.0141. The number of hydrogen-bond donors (Lipinski definition) is 3. The van der Waals surface area contributed by atoms with E-state index in [2.05, 4.69) is 21.2 Å².